The highest BCUT2D eigenvalue weighted by Crippen LogP contribution is 2.38. The number of carbonyl (C=O) groups is 1. The van der Waals surface area contributed by atoms with Gasteiger partial charge in [-0.05, 0) is 35.2 Å². The number of methoxy groups -OCH3 is 1. The third-order valence-corrected chi connectivity index (χ3v) is 4.57. The van der Waals surface area contributed by atoms with Crippen LogP contribution in [0.15, 0.2) is 54.6 Å². The first kappa shape index (κ1) is 15.6. The van der Waals surface area contributed by atoms with E-state index in [4.69, 9.17) is 4.74 Å². The van der Waals surface area contributed by atoms with E-state index in [1.165, 1.54) is 19.2 Å². The Labute approximate surface area is 144 Å². The Morgan fingerprint density at radius 2 is 1.92 bits per heavy atom. The summed E-state index contributed by atoms with van der Waals surface area (Å²) in [5.74, 6) is -0.581. The van der Waals surface area contributed by atoms with Crippen LogP contribution in [-0.2, 0) is 0 Å². The van der Waals surface area contributed by atoms with Crippen LogP contribution in [0.2, 0.25) is 0 Å². The van der Waals surface area contributed by atoms with E-state index in [9.17, 15) is 14.3 Å². The van der Waals surface area contributed by atoms with E-state index in [0.29, 0.717) is 11.1 Å². The minimum Gasteiger partial charge on any atom is -0.494 e. The molecular formula is C20H16FNO3. The largest absolute Gasteiger partial charge is 0.494 e. The first-order valence-corrected chi connectivity index (χ1v) is 7.95. The van der Waals surface area contributed by atoms with Crippen LogP contribution in [0, 0.1) is 5.82 Å². The van der Waals surface area contributed by atoms with E-state index in [1.54, 1.807) is 17.0 Å². The van der Waals surface area contributed by atoms with Crippen molar-refractivity contribution in [2.45, 2.75) is 6.10 Å². The number of halogens is 1. The highest BCUT2D eigenvalue weighted by Gasteiger charge is 2.31. The number of anilines is 1. The predicted molar refractivity (Wildman–Crippen MR) is 93.5 cm³/mol. The molecule has 1 amide bonds. The summed E-state index contributed by atoms with van der Waals surface area (Å²) in [6.45, 7) is 0.0540. The Balaban J connectivity index is 1.67. The van der Waals surface area contributed by atoms with Gasteiger partial charge >= 0.3 is 0 Å². The van der Waals surface area contributed by atoms with Gasteiger partial charge in [-0.1, -0.05) is 30.3 Å². The average Bonchev–Trinajstić information content (AvgIpc) is 2.90. The van der Waals surface area contributed by atoms with Crippen LogP contribution in [-0.4, -0.2) is 24.7 Å². The fraction of sp³-hybridized carbons (Fsp3) is 0.150. The summed E-state index contributed by atoms with van der Waals surface area (Å²) in [7, 11) is 1.38. The van der Waals surface area contributed by atoms with Crippen LogP contribution in [0.5, 0.6) is 5.75 Å². The zero-order chi connectivity index (χ0) is 17.6. The number of hydrogen-bond donors (Lipinski definition) is 1. The number of benzene rings is 3. The minimum atomic E-state index is -1.01. The Morgan fingerprint density at radius 1 is 1.16 bits per heavy atom. The number of rotatable bonds is 4. The summed E-state index contributed by atoms with van der Waals surface area (Å²) in [4.78, 5) is 14.3. The van der Waals surface area contributed by atoms with Gasteiger partial charge in [0.2, 0.25) is 0 Å². The number of carbonyl (C=O) groups excluding carboxylic acids is 1. The summed E-state index contributed by atoms with van der Waals surface area (Å²) in [5, 5.41) is 12.4. The maximum atomic E-state index is 13.9. The number of aliphatic hydroxyl groups excluding tert-OH is 1. The SMILES string of the molecule is COc1ccc(C(O)CN2C(=O)c3cccc4cccc2c34)cc1F. The smallest absolute Gasteiger partial charge is 0.259 e. The van der Waals surface area contributed by atoms with E-state index >= 15 is 0 Å². The summed E-state index contributed by atoms with van der Waals surface area (Å²) in [6.07, 6.45) is -1.01. The second kappa shape index (κ2) is 5.86. The molecule has 5 heteroatoms. The average molecular weight is 337 g/mol. The third kappa shape index (κ3) is 2.44. The monoisotopic (exact) mass is 337 g/mol. The van der Waals surface area contributed by atoms with Crippen LogP contribution in [0.4, 0.5) is 10.1 Å². The second-order valence-electron chi connectivity index (χ2n) is 6.01. The molecule has 1 atom stereocenters. The van der Waals surface area contributed by atoms with Crippen LogP contribution < -0.4 is 9.64 Å². The van der Waals surface area contributed by atoms with Crippen molar-refractivity contribution >= 4 is 22.4 Å². The lowest BCUT2D eigenvalue weighted by atomic mass is 10.1. The molecule has 1 N–H and O–H groups in total. The zero-order valence-corrected chi connectivity index (χ0v) is 13.6. The van der Waals surface area contributed by atoms with Crippen molar-refractivity contribution in [3.05, 3.63) is 71.5 Å². The lowest BCUT2D eigenvalue weighted by Gasteiger charge is -2.22. The molecule has 4 rings (SSSR count). The van der Waals surface area contributed by atoms with Crippen molar-refractivity contribution < 1.29 is 19.0 Å². The van der Waals surface area contributed by atoms with Gasteiger partial charge in [0.25, 0.3) is 5.91 Å². The molecule has 3 aromatic rings. The summed E-state index contributed by atoms with van der Waals surface area (Å²) in [6, 6.07) is 15.6. The first-order valence-electron chi connectivity index (χ1n) is 7.95. The molecule has 0 aromatic heterocycles. The highest BCUT2D eigenvalue weighted by atomic mass is 19.1. The molecule has 3 aromatic carbocycles. The second-order valence-corrected chi connectivity index (χ2v) is 6.01. The number of nitrogens with zero attached hydrogens (tertiary/aromatic N) is 1. The molecule has 126 valence electrons. The van der Waals surface area contributed by atoms with Crippen LogP contribution >= 0.6 is 0 Å². The lowest BCUT2D eigenvalue weighted by Crippen LogP contribution is -2.31. The molecule has 4 nitrogen and oxygen atoms in total. The van der Waals surface area contributed by atoms with Gasteiger partial charge in [0, 0.05) is 10.9 Å². The van der Waals surface area contributed by atoms with E-state index in [1.807, 2.05) is 30.3 Å². The highest BCUT2D eigenvalue weighted by molar-refractivity contribution is 6.25. The van der Waals surface area contributed by atoms with Gasteiger partial charge in [-0.25, -0.2) is 4.39 Å². The molecule has 0 saturated carbocycles. The van der Waals surface area contributed by atoms with E-state index in [0.717, 1.165) is 16.5 Å². The molecule has 0 bridgehead atoms. The number of hydrogen-bond acceptors (Lipinski definition) is 3. The van der Waals surface area contributed by atoms with Gasteiger partial charge in [0.1, 0.15) is 0 Å². The van der Waals surface area contributed by atoms with E-state index < -0.39 is 11.9 Å². The maximum Gasteiger partial charge on any atom is 0.259 e. The predicted octanol–water partition coefficient (Wildman–Crippen LogP) is 3.68. The summed E-state index contributed by atoms with van der Waals surface area (Å²) >= 11 is 0. The molecule has 1 unspecified atom stereocenters. The fourth-order valence-corrected chi connectivity index (χ4v) is 3.33. The Bertz CT molecular complexity index is 981. The van der Waals surface area contributed by atoms with Crippen LogP contribution in [0.3, 0.4) is 0 Å². The summed E-state index contributed by atoms with van der Waals surface area (Å²) < 4.78 is 18.8. The van der Waals surface area contributed by atoms with Crippen molar-refractivity contribution in [2.75, 3.05) is 18.6 Å². The normalized spacial score (nSPS) is 14.2. The molecule has 0 fully saturated rings. The Kier molecular flexibility index (Phi) is 3.66. The topological polar surface area (TPSA) is 49.8 Å². The lowest BCUT2D eigenvalue weighted by molar-refractivity contribution is 0.0969. The molecule has 1 aliphatic rings. The van der Waals surface area contributed by atoms with Gasteiger partial charge in [-0.2, -0.15) is 0 Å². The van der Waals surface area contributed by atoms with Gasteiger partial charge in [-0.3, -0.25) is 4.79 Å². The maximum absolute atomic E-state index is 13.9. The Hall–Kier alpha value is -2.92. The van der Waals surface area contributed by atoms with E-state index in [2.05, 4.69) is 0 Å². The number of ether oxygens (including phenoxy) is 1. The fourth-order valence-electron chi connectivity index (χ4n) is 3.33. The van der Waals surface area contributed by atoms with Crippen molar-refractivity contribution in [1.29, 1.82) is 0 Å². The number of aliphatic hydroxyl groups is 1. The van der Waals surface area contributed by atoms with Crippen LogP contribution in [0.1, 0.15) is 22.0 Å². The van der Waals surface area contributed by atoms with Crippen molar-refractivity contribution in [1.82, 2.24) is 0 Å². The van der Waals surface area contributed by atoms with Crippen LogP contribution in [0.25, 0.3) is 10.8 Å². The van der Waals surface area contributed by atoms with Crippen molar-refractivity contribution in [3.63, 3.8) is 0 Å². The molecule has 1 aliphatic heterocycles. The molecule has 1 heterocycles. The molecule has 0 saturated heterocycles. The molecule has 25 heavy (non-hydrogen) atoms. The quantitative estimate of drug-likeness (QED) is 0.790. The van der Waals surface area contributed by atoms with Gasteiger partial charge in [-0.15, -0.1) is 0 Å². The van der Waals surface area contributed by atoms with Gasteiger partial charge < -0.3 is 14.7 Å². The zero-order valence-electron chi connectivity index (χ0n) is 13.6. The molecule has 0 spiro atoms. The van der Waals surface area contributed by atoms with Gasteiger partial charge in [0.15, 0.2) is 11.6 Å². The number of amides is 1. The first-order chi connectivity index (χ1) is 12.1. The molecular weight excluding hydrogens is 321 g/mol. The Morgan fingerprint density at radius 3 is 2.64 bits per heavy atom. The van der Waals surface area contributed by atoms with Crippen molar-refractivity contribution in [2.24, 2.45) is 0 Å². The standard InChI is InChI=1S/C20H16FNO3/c1-25-18-9-8-13(10-15(18)21)17(23)11-22-16-7-3-5-12-4-2-6-14(19(12)16)20(22)24/h2-10,17,23H,11H2,1H3. The number of β-amino-alcohol motifs (C(OH)–C–C–N with tert-alkyl or cyclic N) is 1. The summed E-state index contributed by atoms with van der Waals surface area (Å²) in [5.41, 5.74) is 1.79. The molecule has 0 aliphatic carbocycles. The third-order valence-electron chi connectivity index (χ3n) is 4.57. The van der Waals surface area contributed by atoms with Gasteiger partial charge in [0.05, 0.1) is 25.4 Å². The van der Waals surface area contributed by atoms with E-state index in [-0.39, 0.29) is 18.2 Å². The molecule has 0 radical (unpaired) electrons. The van der Waals surface area contributed by atoms with Crippen molar-refractivity contribution in [3.8, 4) is 5.75 Å². The minimum absolute atomic E-state index is 0.0540.